The molecule has 0 bridgehead atoms. The van der Waals surface area contributed by atoms with Crippen molar-refractivity contribution in [3.05, 3.63) is 11.4 Å². The second kappa shape index (κ2) is 7.23. The van der Waals surface area contributed by atoms with Gasteiger partial charge < -0.3 is 10.5 Å². The van der Waals surface area contributed by atoms with Crippen molar-refractivity contribution in [1.29, 1.82) is 0 Å². The number of amides is 1. The van der Waals surface area contributed by atoms with Gasteiger partial charge in [0.1, 0.15) is 0 Å². The van der Waals surface area contributed by atoms with E-state index in [0.717, 1.165) is 25.0 Å². The number of carbonyl (C=O) groups excluding carboxylic acids is 1. The van der Waals surface area contributed by atoms with Gasteiger partial charge in [-0.25, -0.2) is 4.68 Å². The maximum absolute atomic E-state index is 11.4. The van der Waals surface area contributed by atoms with E-state index in [1.54, 1.807) is 11.8 Å². The number of rotatable bonds is 8. The lowest BCUT2D eigenvalue weighted by molar-refractivity contribution is 0.0994. The molecule has 1 heterocycles. The fourth-order valence-electron chi connectivity index (χ4n) is 2.01. The van der Waals surface area contributed by atoms with Gasteiger partial charge in [-0.05, 0) is 25.2 Å². The van der Waals surface area contributed by atoms with Crippen LogP contribution >= 0.6 is 0 Å². The molecule has 0 aliphatic carbocycles. The van der Waals surface area contributed by atoms with Gasteiger partial charge in [-0.1, -0.05) is 26.0 Å². The molecule has 0 fully saturated rings. The van der Waals surface area contributed by atoms with E-state index in [1.807, 2.05) is 0 Å². The van der Waals surface area contributed by atoms with Crippen molar-refractivity contribution in [1.82, 2.24) is 15.0 Å². The Morgan fingerprint density at radius 3 is 2.63 bits per heavy atom. The Morgan fingerprint density at radius 1 is 1.47 bits per heavy atom. The maximum atomic E-state index is 11.4. The number of nitrogens with zero attached hydrogens (tertiary/aromatic N) is 3. The van der Waals surface area contributed by atoms with Crippen molar-refractivity contribution in [2.75, 3.05) is 13.7 Å². The third-order valence-electron chi connectivity index (χ3n) is 3.16. The molecule has 1 rings (SSSR count). The van der Waals surface area contributed by atoms with Crippen LogP contribution in [0.3, 0.4) is 0 Å². The SMILES string of the molecule is CCC(COC)n1nnc(C(N)=O)c1CCC(C)C. The molecule has 0 aliphatic rings. The van der Waals surface area contributed by atoms with Gasteiger partial charge >= 0.3 is 0 Å². The summed E-state index contributed by atoms with van der Waals surface area (Å²) in [7, 11) is 1.66. The Bertz CT molecular complexity index is 415. The van der Waals surface area contributed by atoms with Crippen LogP contribution in [0.5, 0.6) is 0 Å². The predicted molar refractivity (Wildman–Crippen MR) is 72.9 cm³/mol. The van der Waals surface area contributed by atoms with Gasteiger partial charge in [0.25, 0.3) is 5.91 Å². The molecule has 0 saturated heterocycles. The predicted octanol–water partition coefficient (Wildman–Crippen LogP) is 1.56. The van der Waals surface area contributed by atoms with Crippen molar-refractivity contribution in [3.8, 4) is 0 Å². The minimum Gasteiger partial charge on any atom is -0.382 e. The van der Waals surface area contributed by atoms with Crippen LogP contribution in [0.2, 0.25) is 0 Å². The normalized spacial score (nSPS) is 12.9. The van der Waals surface area contributed by atoms with Gasteiger partial charge in [0, 0.05) is 7.11 Å². The molecule has 1 aromatic rings. The summed E-state index contributed by atoms with van der Waals surface area (Å²) in [5.74, 6) is 0.0313. The lowest BCUT2D eigenvalue weighted by Gasteiger charge is -2.17. The zero-order chi connectivity index (χ0) is 14.4. The van der Waals surface area contributed by atoms with Crippen molar-refractivity contribution in [3.63, 3.8) is 0 Å². The van der Waals surface area contributed by atoms with E-state index in [1.165, 1.54) is 0 Å². The fraction of sp³-hybridized carbons (Fsp3) is 0.769. The molecular weight excluding hydrogens is 244 g/mol. The number of ether oxygens (including phenoxy) is 1. The van der Waals surface area contributed by atoms with Crippen LogP contribution in [0.15, 0.2) is 0 Å². The first-order valence-corrected chi connectivity index (χ1v) is 6.74. The number of nitrogens with two attached hydrogens (primary N) is 1. The number of hydrogen-bond donors (Lipinski definition) is 1. The highest BCUT2D eigenvalue weighted by atomic mass is 16.5. The molecule has 0 aromatic carbocycles. The van der Waals surface area contributed by atoms with Crippen LogP contribution in [0, 0.1) is 5.92 Å². The van der Waals surface area contributed by atoms with Crippen LogP contribution in [-0.4, -0.2) is 34.6 Å². The molecule has 1 atom stereocenters. The second-order valence-electron chi connectivity index (χ2n) is 5.14. The zero-order valence-corrected chi connectivity index (χ0v) is 12.2. The highest BCUT2D eigenvalue weighted by Gasteiger charge is 2.21. The third kappa shape index (κ3) is 4.02. The van der Waals surface area contributed by atoms with Crippen LogP contribution in [0.25, 0.3) is 0 Å². The number of methoxy groups -OCH3 is 1. The lowest BCUT2D eigenvalue weighted by atomic mass is 10.0. The summed E-state index contributed by atoms with van der Waals surface area (Å²) in [4.78, 5) is 11.4. The minimum absolute atomic E-state index is 0.0905. The summed E-state index contributed by atoms with van der Waals surface area (Å²) in [6.45, 7) is 6.89. The van der Waals surface area contributed by atoms with Crippen molar-refractivity contribution in [2.24, 2.45) is 11.7 Å². The third-order valence-corrected chi connectivity index (χ3v) is 3.16. The van der Waals surface area contributed by atoms with Gasteiger partial charge in [0.05, 0.1) is 18.3 Å². The van der Waals surface area contributed by atoms with Crippen LogP contribution in [0.4, 0.5) is 0 Å². The summed E-state index contributed by atoms with van der Waals surface area (Å²) in [5, 5.41) is 8.02. The summed E-state index contributed by atoms with van der Waals surface area (Å²) in [6.07, 6.45) is 2.59. The summed E-state index contributed by atoms with van der Waals surface area (Å²) >= 11 is 0. The summed E-state index contributed by atoms with van der Waals surface area (Å²) in [6, 6.07) is 0.0905. The summed E-state index contributed by atoms with van der Waals surface area (Å²) in [5.41, 5.74) is 6.48. The molecule has 108 valence electrons. The molecule has 6 nitrogen and oxygen atoms in total. The highest BCUT2D eigenvalue weighted by Crippen LogP contribution is 2.18. The Hall–Kier alpha value is -1.43. The largest absolute Gasteiger partial charge is 0.382 e. The molecule has 1 amide bonds. The Morgan fingerprint density at radius 2 is 2.16 bits per heavy atom. The van der Waals surface area contributed by atoms with Crippen molar-refractivity contribution < 1.29 is 9.53 Å². The average Bonchev–Trinajstić information content (AvgIpc) is 2.77. The summed E-state index contributed by atoms with van der Waals surface area (Å²) < 4.78 is 6.99. The molecular formula is C13H24N4O2. The van der Waals surface area contributed by atoms with E-state index in [2.05, 4.69) is 31.1 Å². The molecule has 2 N–H and O–H groups in total. The van der Waals surface area contributed by atoms with Crippen molar-refractivity contribution >= 4 is 5.91 Å². The Labute approximate surface area is 114 Å². The first-order chi connectivity index (χ1) is 9.01. The molecule has 0 saturated carbocycles. The number of carbonyl (C=O) groups is 1. The Kier molecular flexibility index (Phi) is 5.95. The molecule has 0 radical (unpaired) electrons. The van der Waals surface area contributed by atoms with Crippen LogP contribution in [-0.2, 0) is 11.2 Å². The topological polar surface area (TPSA) is 83.0 Å². The van der Waals surface area contributed by atoms with Gasteiger partial charge in [0.2, 0.25) is 0 Å². The quantitative estimate of drug-likeness (QED) is 0.775. The van der Waals surface area contributed by atoms with E-state index >= 15 is 0 Å². The molecule has 1 unspecified atom stereocenters. The average molecular weight is 268 g/mol. The number of aromatic nitrogens is 3. The minimum atomic E-state index is -0.516. The number of hydrogen-bond acceptors (Lipinski definition) is 4. The van der Waals surface area contributed by atoms with E-state index < -0.39 is 5.91 Å². The molecule has 0 aliphatic heterocycles. The van der Waals surface area contributed by atoms with E-state index in [-0.39, 0.29) is 11.7 Å². The van der Waals surface area contributed by atoms with E-state index in [9.17, 15) is 4.79 Å². The fourth-order valence-corrected chi connectivity index (χ4v) is 2.01. The first kappa shape index (κ1) is 15.6. The Balaban J connectivity index is 3.05. The van der Waals surface area contributed by atoms with Gasteiger partial charge in [0.15, 0.2) is 5.69 Å². The molecule has 6 heteroatoms. The smallest absolute Gasteiger partial charge is 0.271 e. The standard InChI is InChI=1S/C13H24N4O2/c1-5-10(8-19-4)17-11(7-6-9(2)3)12(13(14)18)15-16-17/h9-10H,5-8H2,1-4H3,(H2,14,18). The molecule has 1 aromatic heterocycles. The molecule has 19 heavy (non-hydrogen) atoms. The number of primary amides is 1. The second-order valence-corrected chi connectivity index (χ2v) is 5.14. The maximum Gasteiger partial charge on any atom is 0.271 e. The van der Waals surface area contributed by atoms with Gasteiger partial charge in [-0.3, -0.25) is 4.79 Å². The van der Waals surface area contributed by atoms with Crippen LogP contribution < -0.4 is 5.73 Å². The molecule has 0 spiro atoms. The van der Waals surface area contributed by atoms with E-state index in [4.69, 9.17) is 10.5 Å². The lowest BCUT2D eigenvalue weighted by Crippen LogP contribution is -2.20. The van der Waals surface area contributed by atoms with E-state index in [0.29, 0.717) is 12.5 Å². The van der Waals surface area contributed by atoms with Gasteiger partial charge in [-0.2, -0.15) is 0 Å². The first-order valence-electron chi connectivity index (χ1n) is 6.74. The highest BCUT2D eigenvalue weighted by molar-refractivity contribution is 5.91. The zero-order valence-electron chi connectivity index (χ0n) is 12.2. The monoisotopic (exact) mass is 268 g/mol. The van der Waals surface area contributed by atoms with Gasteiger partial charge in [-0.15, -0.1) is 5.10 Å². The van der Waals surface area contributed by atoms with Crippen molar-refractivity contribution in [2.45, 2.75) is 46.1 Å². The van der Waals surface area contributed by atoms with Crippen LogP contribution in [0.1, 0.15) is 55.8 Å².